The molecule has 1 rings (SSSR count). The molecule has 0 atom stereocenters. The molecule has 0 aliphatic rings. The van der Waals surface area contributed by atoms with E-state index in [-0.39, 0.29) is 21.7 Å². The van der Waals surface area contributed by atoms with Crippen molar-refractivity contribution in [3.05, 3.63) is 21.6 Å². The van der Waals surface area contributed by atoms with Crippen molar-refractivity contribution in [2.75, 3.05) is 18.5 Å². The first-order chi connectivity index (χ1) is 9.56. The van der Waals surface area contributed by atoms with E-state index >= 15 is 0 Å². The highest BCUT2D eigenvalue weighted by molar-refractivity contribution is 6.74. The number of nitro groups is 1. The van der Waals surface area contributed by atoms with Crippen molar-refractivity contribution >= 4 is 31.4 Å². The largest absolute Gasteiger partial charge is 0.415 e. The Balaban J connectivity index is 2.62. The predicted octanol–water partition coefficient (Wildman–Crippen LogP) is 3.47. The molecule has 0 unspecified atom stereocenters. The molecule has 0 saturated carbocycles. The van der Waals surface area contributed by atoms with Crippen molar-refractivity contribution in [2.24, 2.45) is 0 Å². The van der Waals surface area contributed by atoms with Crippen LogP contribution >= 0.6 is 11.6 Å². The van der Waals surface area contributed by atoms with Crippen molar-refractivity contribution < 1.29 is 9.35 Å². The molecule has 0 bridgehead atoms. The molecule has 0 radical (unpaired) electrons. The number of hydrogen-bond donors (Lipinski definition) is 1. The van der Waals surface area contributed by atoms with Crippen LogP contribution in [0.2, 0.25) is 23.3 Å². The Morgan fingerprint density at radius 3 is 2.57 bits per heavy atom. The van der Waals surface area contributed by atoms with E-state index in [2.05, 4.69) is 49.1 Å². The maximum atomic E-state index is 10.9. The molecule has 9 heteroatoms. The summed E-state index contributed by atoms with van der Waals surface area (Å²) in [5.74, 6) is 0.110. The van der Waals surface area contributed by atoms with Gasteiger partial charge >= 0.3 is 5.69 Å². The lowest BCUT2D eigenvalue weighted by Gasteiger charge is -2.36. The third-order valence-corrected chi connectivity index (χ3v) is 8.44. The molecule has 1 aromatic heterocycles. The molecular weight excluding hydrogens is 312 g/mol. The van der Waals surface area contributed by atoms with Gasteiger partial charge < -0.3 is 9.74 Å². The molecule has 0 aliphatic carbocycles. The van der Waals surface area contributed by atoms with Gasteiger partial charge in [-0.05, 0) is 18.1 Å². The molecular formula is C12H21ClN4O3Si. The highest BCUT2D eigenvalue weighted by Gasteiger charge is 2.36. The minimum Gasteiger partial charge on any atom is -0.415 e. The van der Waals surface area contributed by atoms with Gasteiger partial charge in [-0.1, -0.05) is 32.4 Å². The van der Waals surface area contributed by atoms with Crippen LogP contribution in [0.25, 0.3) is 0 Å². The Bertz CT molecular complexity index is 520. The van der Waals surface area contributed by atoms with E-state index < -0.39 is 13.2 Å². The number of anilines is 1. The van der Waals surface area contributed by atoms with Crippen molar-refractivity contribution in [3.63, 3.8) is 0 Å². The van der Waals surface area contributed by atoms with Gasteiger partial charge in [0.1, 0.15) is 6.33 Å². The molecule has 118 valence electrons. The third kappa shape index (κ3) is 4.62. The fraction of sp³-hybridized carbons (Fsp3) is 0.667. The van der Waals surface area contributed by atoms with Gasteiger partial charge in [-0.3, -0.25) is 10.1 Å². The lowest BCUT2D eigenvalue weighted by molar-refractivity contribution is -0.384. The van der Waals surface area contributed by atoms with Crippen molar-refractivity contribution in [3.8, 4) is 0 Å². The van der Waals surface area contributed by atoms with E-state index in [1.807, 2.05) is 0 Å². The SMILES string of the molecule is CC(C)(C)[Si](C)(C)OCCNc1ncnc(Cl)c1[N+](=O)[O-]. The molecule has 21 heavy (non-hydrogen) atoms. The van der Waals surface area contributed by atoms with Gasteiger partial charge in [0.05, 0.1) is 11.5 Å². The Kier molecular flexibility index (Phi) is 5.65. The van der Waals surface area contributed by atoms with Crippen molar-refractivity contribution in [1.29, 1.82) is 0 Å². The number of nitrogens with zero attached hydrogens (tertiary/aromatic N) is 3. The molecule has 0 spiro atoms. The lowest BCUT2D eigenvalue weighted by Crippen LogP contribution is -2.41. The average Bonchev–Trinajstić information content (AvgIpc) is 2.32. The fourth-order valence-corrected chi connectivity index (χ4v) is 2.59. The first-order valence-corrected chi connectivity index (χ1v) is 9.87. The van der Waals surface area contributed by atoms with Gasteiger partial charge in [0, 0.05) is 6.54 Å². The average molecular weight is 333 g/mol. The molecule has 0 amide bonds. The van der Waals surface area contributed by atoms with Crippen molar-refractivity contribution in [2.45, 2.75) is 38.9 Å². The second-order valence-corrected chi connectivity index (χ2v) is 11.3. The Morgan fingerprint density at radius 2 is 2.05 bits per heavy atom. The zero-order valence-corrected chi connectivity index (χ0v) is 14.7. The molecule has 0 aliphatic heterocycles. The van der Waals surface area contributed by atoms with Crippen molar-refractivity contribution in [1.82, 2.24) is 9.97 Å². The van der Waals surface area contributed by atoms with Gasteiger partial charge in [-0.2, -0.15) is 0 Å². The quantitative estimate of drug-likeness (QED) is 0.282. The standard InChI is InChI=1S/C12H21ClN4O3Si/c1-12(2,3)21(4,5)20-7-6-14-11-9(17(18)19)10(13)15-8-16-11/h8H,6-7H2,1-5H3,(H,14,15,16). The monoisotopic (exact) mass is 332 g/mol. The van der Waals surface area contributed by atoms with E-state index in [0.717, 1.165) is 0 Å². The molecule has 1 heterocycles. The fourth-order valence-electron chi connectivity index (χ4n) is 1.34. The van der Waals surface area contributed by atoms with Gasteiger partial charge in [0.25, 0.3) is 0 Å². The number of nitrogens with one attached hydrogen (secondary N) is 1. The number of rotatable bonds is 6. The minimum atomic E-state index is -1.82. The van der Waals surface area contributed by atoms with Crippen LogP contribution in [0.15, 0.2) is 6.33 Å². The first kappa shape index (κ1) is 17.8. The first-order valence-electron chi connectivity index (χ1n) is 6.59. The second-order valence-electron chi connectivity index (χ2n) is 6.15. The van der Waals surface area contributed by atoms with E-state index in [4.69, 9.17) is 16.0 Å². The summed E-state index contributed by atoms with van der Waals surface area (Å²) >= 11 is 5.71. The van der Waals surface area contributed by atoms with Crippen LogP contribution in [0.1, 0.15) is 20.8 Å². The van der Waals surface area contributed by atoms with Gasteiger partial charge in [-0.15, -0.1) is 0 Å². The van der Waals surface area contributed by atoms with Crippen LogP contribution in [0.4, 0.5) is 11.5 Å². The summed E-state index contributed by atoms with van der Waals surface area (Å²) in [6, 6.07) is 0. The van der Waals surface area contributed by atoms with Crippen LogP contribution in [0.3, 0.4) is 0 Å². The lowest BCUT2D eigenvalue weighted by atomic mass is 10.2. The van der Waals surface area contributed by atoms with Crippen LogP contribution in [0.5, 0.6) is 0 Å². The highest BCUT2D eigenvalue weighted by Crippen LogP contribution is 2.36. The minimum absolute atomic E-state index is 0.110. The maximum absolute atomic E-state index is 10.9. The normalized spacial score (nSPS) is 12.3. The summed E-state index contributed by atoms with van der Waals surface area (Å²) in [5, 5.41) is 13.8. The maximum Gasteiger partial charge on any atom is 0.348 e. The Morgan fingerprint density at radius 1 is 1.43 bits per heavy atom. The van der Waals surface area contributed by atoms with Gasteiger partial charge in [0.2, 0.25) is 11.0 Å². The van der Waals surface area contributed by atoms with Gasteiger partial charge in [-0.25, -0.2) is 9.97 Å². The zero-order valence-electron chi connectivity index (χ0n) is 12.9. The molecule has 1 N–H and O–H groups in total. The molecule has 1 aromatic rings. The predicted molar refractivity (Wildman–Crippen MR) is 85.3 cm³/mol. The smallest absolute Gasteiger partial charge is 0.348 e. The summed E-state index contributed by atoms with van der Waals surface area (Å²) in [6.45, 7) is 11.6. The summed E-state index contributed by atoms with van der Waals surface area (Å²) in [4.78, 5) is 17.8. The molecule has 0 fully saturated rings. The third-order valence-electron chi connectivity index (χ3n) is 3.62. The zero-order chi connectivity index (χ0) is 16.3. The van der Waals surface area contributed by atoms with E-state index in [1.165, 1.54) is 6.33 Å². The van der Waals surface area contributed by atoms with Crippen LogP contribution in [-0.4, -0.2) is 36.4 Å². The van der Waals surface area contributed by atoms with E-state index in [9.17, 15) is 10.1 Å². The van der Waals surface area contributed by atoms with E-state index in [0.29, 0.717) is 13.2 Å². The summed E-state index contributed by atoms with van der Waals surface area (Å²) in [5.41, 5.74) is -0.313. The Labute approximate surface area is 130 Å². The number of halogens is 1. The topological polar surface area (TPSA) is 90.2 Å². The number of aromatic nitrogens is 2. The summed E-state index contributed by atoms with van der Waals surface area (Å²) in [6.07, 6.45) is 1.19. The van der Waals surface area contributed by atoms with Crippen LogP contribution in [0, 0.1) is 10.1 Å². The van der Waals surface area contributed by atoms with Gasteiger partial charge in [0.15, 0.2) is 8.32 Å². The number of hydrogen-bond acceptors (Lipinski definition) is 6. The highest BCUT2D eigenvalue weighted by atomic mass is 35.5. The van der Waals surface area contributed by atoms with Crippen LogP contribution in [-0.2, 0) is 4.43 Å². The Hall–Kier alpha value is -1.25. The van der Waals surface area contributed by atoms with Crippen LogP contribution < -0.4 is 5.32 Å². The molecule has 0 aromatic carbocycles. The summed E-state index contributed by atoms with van der Waals surface area (Å²) in [7, 11) is -1.82. The van der Waals surface area contributed by atoms with E-state index in [1.54, 1.807) is 0 Å². The summed E-state index contributed by atoms with van der Waals surface area (Å²) < 4.78 is 5.98. The molecule has 0 saturated heterocycles. The molecule has 7 nitrogen and oxygen atoms in total. The second kappa shape index (κ2) is 6.67.